The Kier molecular flexibility index (Phi) is 8.44. The first-order valence-electron chi connectivity index (χ1n) is 15.6. The number of aliphatic hydroxyl groups excluding tert-OH is 3. The molecule has 6 N–H and O–H groups in total. The zero-order chi connectivity index (χ0) is 30.8. The monoisotopic (exact) mass is 609 g/mol. The van der Waals surface area contributed by atoms with Crippen molar-refractivity contribution in [2.45, 2.75) is 62.1 Å². The van der Waals surface area contributed by atoms with Gasteiger partial charge in [0.2, 0.25) is 5.95 Å². The third-order valence-electron chi connectivity index (χ3n) is 9.13. The molecule has 0 spiro atoms. The molecule has 12 heteroatoms. The number of benzene rings is 2. The molecule has 2 aromatic carbocycles. The topological polar surface area (TPSA) is 158 Å². The van der Waals surface area contributed by atoms with Crippen LogP contribution in [0.25, 0.3) is 11.2 Å². The van der Waals surface area contributed by atoms with E-state index in [0.717, 1.165) is 25.9 Å². The first-order valence-corrected chi connectivity index (χ1v) is 15.6. The van der Waals surface area contributed by atoms with E-state index in [2.05, 4.69) is 69.6 Å². The van der Waals surface area contributed by atoms with Crippen LogP contribution >= 0.6 is 0 Å². The second-order valence-corrected chi connectivity index (χ2v) is 12.0. The van der Waals surface area contributed by atoms with E-state index in [0.29, 0.717) is 41.5 Å². The molecule has 2 aliphatic rings. The summed E-state index contributed by atoms with van der Waals surface area (Å²) in [5, 5.41) is 46.7. The number of nitrogens with one attached hydrogen (secondary N) is 3. The van der Waals surface area contributed by atoms with E-state index in [1.807, 2.05) is 16.7 Å². The maximum atomic E-state index is 11.2. The van der Waals surface area contributed by atoms with Crippen molar-refractivity contribution in [2.75, 3.05) is 30.3 Å². The average Bonchev–Trinajstić information content (AvgIpc) is 3.80. The van der Waals surface area contributed by atoms with Gasteiger partial charge in [0, 0.05) is 30.3 Å². The van der Waals surface area contributed by atoms with E-state index in [1.165, 1.54) is 11.1 Å². The zero-order valence-electron chi connectivity index (χ0n) is 24.9. The van der Waals surface area contributed by atoms with E-state index in [-0.39, 0.29) is 18.6 Å². The number of fused-ring (bicyclic) bond motifs is 1. The molecular formula is C33H39N9O3. The summed E-state index contributed by atoms with van der Waals surface area (Å²) in [7, 11) is 0. The molecule has 5 aromatic rings. The number of nitrogens with zero attached hydrogens (tertiary/aromatic N) is 6. The molecule has 12 nitrogen and oxygen atoms in total. The van der Waals surface area contributed by atoms with Crippen molar-refractivity contribution < 1.29 is 15.3 Å². The highest BCUT2D eigenvalue weighted by Crippen LogP contribution is 2.40. The molecule has 2 fully saturated rings. The van der Waals surface area contributed by atoms with Gasteiger partial charge in [-0.15, -0.1) is 0 Å². The smallest absolute Gasteiger partial charge is 0.227 e. The Morgan fingerprint density at radius 2 is 1.60 bits per heavy atom. The maximum absolute atomic E-state index is 11.2. The molecule has 1 aliphatic heterocycles. The van der Waals surface area contributed by atoms with Crippen LogP contribution in [0, 0.1) is 0 Å². The molecule has 0 radical (unpaired) electrons. The molecule has 0 amide bonds. The van der Waals surface area contributed by atoms with Crippen LogP contribution in [0.3, 0.4) is 0 Å². The lowest BCUT2D eigenvalue weighted by Crippen LogP contribution is -2.35. The van der Waals surface area contributed by atoms with Gasteiger partial charge in [-0.25, -0.2) is 4.98 Å². The largest absolute Gasteiger partial charge is 0.392 e. The summed E-state index contributed by atoms with van der Waals surface area (Å²) >= 11 is 0. The quantitative estimate of drug-likeness (QED) is 0.139. The molecule has 4 atom stereocenters. The molecule has 234 valence electrons. The van der Waals surface area contributed by atoms with Gasteiger partial charge in [-0.1, -0.05) is 60.7 Å². The van der Waals surface area contributed by atoms with Crippen molar-refractivity contribution in [3.05, 3.63) is 96.1 Å². The van der Waals surface area contributed by atoms with Crippen LogP contribution < -0.4 is 16.0 Å². The minimum atomic E-state index is -1.07. The van der Waals surface area contributed by atoms with Crippen molar-refractivity contribution in [1.82, 2.24) is 34.6 Å². The lowest BCUT2D eigenvalue weighted by molar-refractivity contribution is 0.00720. The van der Waals surface area contributed by atoms with Gasteiger partial charge in [0.05, 0.1) is 31.2 Å². The molecular weight excluding hydrogens is 570 g/mol. The number of piperidine rings is 1. The van der Waals surface area contributed by atoms with E-state index in [4.69, 9.17) is 15.0 Å². The first kappa shape index (κ1) is 29.4. The zero-order valence-corrected chi connectivity index (χ0v) is 24.9. The molecule has 4 heterocycles. The van der Waals surface area contributed by atoms with Crippen LogP contribution in [-0.4, -0.2) is 82.5 Å². The third-order valence-corrected chi connectivity index (χ3v) is 9.13. The normalized spacial score (nSPS) is 22.3. The second kappa shape index (κ2) is 12.9. The number of hydrogen-bond donors (Lipinski definition) is 6. The van der Waals surface area contributed by atoms with Gasteiger partial charge in [0.25, 0.3) is 0 Å². The summed E-state index contributed by atoms with van der Waals surface area (Å²) in [6.07, 6.45) is 5.16. The minimum absolute atomic E-state index is 0.0748. The maximum Gasteiger partial charge on any atom is 0.227 e. The van der Waals surface area contributed by atoms with Crippen LogP contribution in [0.2, 0.25) is 0 Å². The lowest BCUT2D eigenvalue weighted by Gasteiger charge is -2.24. The van der Waals surface area contributed by atoms with Gasteiger partial charge in [-0.3, -0.25) is 4.68 Å². The van der Waals surface area contributed by atoms with E-state index < -0.39 is 24.3 Å². The Morgan fingerprint density at radius 3 is 2.27 bits per heavy atom. The number of imidazole rings is 1. The molecule has 0 bridgehead atoms. The predicted molar refractivity (Wildman–Crippen MR) is 171 cm³/mol. The summed E-state index contributed by atoms with van der Waals surface area (Å²) in [6, 6.07) is 20.1. The number of aliphatic hydroxyl groups is 3. The summed E-state index contributed by atoms with van der Waals surface area (Å²) in [5.41, 5.74) is 4.20. The fraction of sp³-hybridized carbons (Fsp3) is 0.394. The van der Waals surface area contributed by atoms with Crippen molar-refractivity contribution in [3.8, 4) is 0 Å². The summed E-state index contributed by atoms with van der Waals surface area (Å²) < 4.78 is 3.48. The Hall–Kier alpha value is -4.36. The summed E-state index contributed by atoms with van der Waals surface area (Å²) in [4.78, 5) is 14.6. The van der Waals surface area contributed by atoms with Gasteiger partial charge >= 0.3 is 0 Å². The molecule has 7 rings (SSSR count). The molecule has 1 saturated heterocycles. The molecule has 45 heavy (non-hydrogen) atoms. The number of anilines is 2. The number of rotatable bonds is 10. The summed E-state index contributed by atoms with van der Waals surface area (Å²) in [5.74, 6) is 1.18. The second-order valence-electron chi connectivity index (χ2n) is 12.0. The predicted octanol–water partition coefficient (Wildman–Crippen LogP) is 2.83. The molecule has 0 unspecified atom stereocenters. The summed E-state index contributed by atoms with van der Waals surface area (Å²) in [6.45, 7) is 2.30. The van der Waals surface area contributed by atoms with E-state index in [1.54, 1.807) is 23.4 Å². The van der Waals surface area contributed by atoms with Crippen molar-refractivity contribution in [3.63, 3.8) is 0 Å². The fourth-order valence-electron chi connectivity index (χ4n) is 6.66. The highest BCUT2D eigenvalue weighted by atomic mass is 16.3. The number of aromatic nitrogens is 6. The SMILES string of the molecule is OCc1cnn([C@H]2C[C@@H](n3cnc4c(NCC(c5ccccc5)c5ccccc5)nc(NC5CCNCC5)nc43)[C@H](O)[C@@H]2O)c1. The number of hydrogen-bond acceptors (Lipinski definition) is 10. The van der Waals surface area contributed by atoms with Gasteiger partial charge < -0.3 is 35.8 Å². The van der Waals surface area contributed by atoms with Crippen molar-refractivity contribution >= 4 is 22.9 Å². The first-order chi connectivity index (χ1) is 22.1. The van der Waals surface area contributed by atoms with E-state index >= 15 is 0 Å². The van der Waals surface area contributed by atoms with Gasteiger partial charge in [0.15, 0.2) is 17.0 Å². The van der Waals surface area contributed by atoms with Crippen LogP contribution in [0.4, 0.5) is 11.8 Å². The molecule has 3 aromatic heterocycles. The Balaban J connectivity index is 1.23. The Labute approximate surface area is 261 Å². The van der Waals surface area contributed by atoms with Gasteiger partial charge in [0.1, 0.15) is 12.2 Å². The highest BCUT2D eigenvalue weighted by Gasteiger charge is 2.44. The fourth-order valence-corrected chi connectivity index (χ4v) is 6.66. The molecule has 1 saturated carbocycles. The Morgan fingerprint density at radius 1 is 0.911 bits per heavy atom. The van der Waals surface area contributed by atoms with Crippen molar-refractivity contribution in [1.29, 1.82) is 0 Å². The molecule has 1 aliphatic carbocycles. The van der Waals surface area contributed by atoms with Crippen LogP contribution in [0.5, 0.6) is 0 Å². The lowest BCUT2D eigenvalue weighted by atomic mass is 9.91. The third kappa shape index (κ3) is 6.01. The van der Waals surface area contributed by atoms with Gasteiger partial charge in [-0.05, 0) is 43.5 Å². The Bertz CT molecular complexity index is 1670. The van der Waals surface area contributed by atoms with E-state index in [9.17, 15) is 15.3 Å². The van der Waals surface area contributed by atoms with Crippen LogP contribution in [0.1, 0.15) is 54.0 Å². The highest BCUT2D eigenvalue weighted by molar-refractivity contribution is 5.84. The standard InChI is InChI=1S/C33H39N9O3/c43-19-21-16-37-42(18-21)27-15-26(29(44)30(27)45)41-20-36-28-31(39-33(40-32(28)41)38-24-11-13-34-14-12-24)35-17-25(22-7-3-1-4-8-22)23-9-5-2-6-10-23/h1-10,16,18,20,24-27,29-30,34,43-45H,11-15,17,19H2,(H2,35,38,39,40)/t26-,27+,29+,30-/m1/s1. The van der Waals surface area contributed by atoms with Crippen LogP contribution in [0.15, 0.2) is 79.4 Å². The minimum Gasteiger partial charge on any atom is -0.392 e. The van der Waals surface area contributed by atoms with Gasteiger partial charge in [-0.2, -0.15) is 15.1 Å². The average molecular weight is 610 g/mol. The van der Waals surface area contributed by atoms with Crippen LogP contribution in [-0.2, 0) is 6.61 Å². The van der Waals surface area contributed by atoms with Crippen molar-refractivity contribution in [2.24, 2.45) is 0 Å².